The Morgan fingerprint density at radius 2 is 2.08 bits per heavy atom. The van der Waals surface area contributed by atoms with Gasteiger partial charge in [-0.25, -0.2) is 4.98 Å². The molecule has 26 heavy (non-hydrogen) atoms. The Kier molecular flexibility index (Phi) is 6.06. The molecule has 0 bridgehead atoms. The van der Waals surface area contributed by atoms with Gasteiger partial charge in [-0.3, -0.25) is 0 Å². The normalized spacial score (nSPS) is 11.2. The number of aromatic nitrogens is 1. The van der Waals surface area contributed by atoms with Crippen LogP contribution in [0.15, 0.2) is 53.9 Å². The van der Waals surface area contributed by atoms with Crippen LogP contribution in [0.2, 0.25) is 5.02 Å². The monoisotopic (exact) mass is 380 g/mol. The van der Waals surface area contributed by atoms with Crippen molar-refractivity contribution in [2.75, 3.05) is 6.61 Å². The summed E-state index contributed by atoms with van der Waals surface area (Å²) in [6, 6.07) is 17.7. The van der Waals surface area contributed by atoms with Gasteiger partial charge in [-0.1, -0.05) is 54.9 Å². The highest BCUT2D eigenvalue weighted by molar-refractivity contribution is 7.11. The van der Waals surface area contributed by atoms with Crippen molar-refractivity contribution in [3.63, 3.8) is 0 Å². The van der Waals surface area contributed by atoms with E-state index < -0.39 is 0 Å². The smallest absolute Gasteiger partial charge is 0.137 e. The molecule has 0 N–H and O–H groups in total. The first kappa shape index (κ1) is 18.2. The summed E-state index contributed by atoms with van der Waals surface area (Å²) < 4.78 is 5.58. The van der Waals surface area contributed by atoms with Crippen LogP contribution in [0.1, 0.15) is 23.9 Å². The molecule has 0 unspecified atom stereocenters. The summed E-state index contributed by atoms with van der Waals surface area (Å²) in [4.78, 5) is 4.60. The molecule has 0 aliphatic rings. The molecule has 0 aliphatic heterocycles. The summed E-state index contributed by atoms with van der Waals surface area (Å²) in [5, 5.41) is 12.7. The van der Waals surface area contributed by atoms with E-state index in [0.717, 1.165) is 23.2 Å². The van der Waals surface area contributed by atoms with Crippen LogP contribution in [0, 0.1) is 11.3 Å². The van der Waals surface area contributed by atoms with E-state index in [1.54, 1.807) is 12.1 Å². The Morgan fingerprint density at radius 3 is 2.77 bits per heavy atom. The van der Waals surface area contributed by atoms with E-state index in [2.05, 4.69) is 11.1 Å². The topological polar surface area (TPSA) is 45.9 Å². The molecule has 0 radical (unpaired) electrons. The maximum Gasteiger partial charge on any atom is 0.137 e. The summed E-state index contributed by atoms with van der Waals surface area (Å²) in [5.41, 5.74) is 3.25. The second-order valence-electron chi connectivity index (χ2n) is 5.61. The standard InChI is InChI=1S/C21H17ClN2OS/c1-2-10-25-20-9-8-15(12-18(20)22)11-17(13-23)21-24-19(14-26-21)16-6-4-3-5-7-16/h3-9,11-12,14H,2,10H2,1H3/b17-11-. The summed E-state index contributed by atoms with van der Waals surface area (Å²) in [7, 11) is 0. The van der Waals surface area contributed by atoms with Crippen molar-refractivity contribution < 1.29 is 4.74 Å². The van der Waals surface area contributed by atoms with E-state index in [4.69, 9.17) is 16.3 Å². The molecule has 0 atom stereocenters. The molecule has 2 aromatic carbocycles. The van der Waals surface area contributed by atoms with Crippen LogP contribution in [-0.4, -0.2) is 11.6 Å². The lowest BCUT2D eigenvalue weighted by Gasteiger charge is -2.07. The number of benzene rings is 2. The largest absolute Gasteiger partial charge is 0.492 e. The van der Waals surface area contributed by atoms with E-state index in [0.29, 0.717) is 28.0 Å². The van der Waals surface area contributed by atoms with Crippen molar-refractivity contribution in [3.05, 3.63) is 69.5 Å². The minimum atomic E-state index is 0.510. The molecule has 3 aromatic rings. The number of ether oxygens (including phenoxy) is 1. The summed E-state index contributed by atoms with van der Waals surface area (Å²) >= 11 is 7.73. The van der Waals surface area contributed by atoms with Crippen LogP contribution in [0.5, 0.6) is 5.75 Å². The molecule has 0 saturated heterocycles. The van der Waals surface area contributed by atoms with Gasteiger partial charge in [0, 0.05) is 10.9 Å². The van der Waals surface area contributed by atoms with E-state index in [1.807, 2.05) is 54.8 Å². The van der Waals surface area contributed by atoms with Crippen LogP contribution in [0.4, 0.5) is 0 Å². The fourth-order valence-electron chi connectivity index (χ4n) is 2.38. The number of nitrogens with zero attached hydrogens (tertiary/aromatic N) is 2. The van der Waals surface area contributed by atoms with E-state index >= 15 is 0 Å². The van der Waals surface area contributed by atoms with Gasteiger partial charge in [0.2, 0.25) is 0 Å². The van der Waals surface area contributed by atoms with Crippen molar-refractivity contribution in [1.82, 2.24) is 4.98 Å². The average molecular weight is 381 g/mol. The molecule has 0 fully saturated rings. The van der Waals surface area contributed by atoms with Crippen molar-refractivity contribution in [3.8, 4) is 23.1 Å². The number of rotatable bonds is 6. The number of allylic oxidation sites excluding steroid dienone is 1. The highest BCUT2D eigenvalue weighted by Gasteiger charge is 2.10. The van der Waals surface area contributed by atoms with Gasteiger partial charge in [0.1, 0.15) is 16.8 Å². The third-order valence-electron chi connectivity index (χ3n) is 3.65. The van der Waals surface area contributed by atoms with Crippen molar-refractivity contribution in [1.29, 1.82) is 5.26 Å². The summed E-state index contributed by atoms with van der Waals surface area (Å²) in [6.45, 7) is 2.67. The van der Waals surface area contributed by atoms with Crippen LogP contribution in [0.3, 0.4) is 0 Å². The zero-order valence-electron chi connectivity index (χ0n) is 14.3. The second kappa shape index (κ2) is 8.66. The number of halogens is 1. The Bertz CT molecular complexity index is 958. The van der Waals surface area contributed by atoms with Gasteiger partial charge in [0.25, 0.3) is 0 Å². The molecule has 0 aliphatic carbocycles. The first-order valence-electron chi connectivity index (χ1n) is 8.26. The van der Waals surface area contributed by atoms with Crippen LogP contribution >= 0.6 is 22.9 Å². The molecule has 130 valence electrons. The predicted molar refractivity (Wildman–Crippen MR) is 108 cm³/mol. The summed E-state index contributed by atoms with van der Waals surface area (Å²) in [6.07, 6.45) is 2.72. The molecular weight excluding hydrogens is 364 g/mol. The van der Waals surface area contributed by atoms with E-state index in [1.165, 1.54) is 11.3 Å². The molecule has 1 aromatic heterocycles. The van der Waals surface area contributed by atoms with Crippen molar-refractivity contribution >= 4 is 34.6 Å². The lowest BCUT2D eigenvalue weighted by Crippen LogP contribution is -1.95. The highest BCUT2D eigenvalue weighted by atomic mass is 35.5. The molecule has 1 heterocycles. The average Bonchev–Trinajstić information content (AvgIpc) is 3.16. The van der Waals surface area contributed by atoms with Crippen LogP contribution in [-0.2, 0) is 0 Å². The van der Waals surface area contributed by atoms with Gasteiger partial charge < -0.3 is 4.74 Å². The molecular formula is C21H17ClN2OS. The Labute approximate surface area is 162 Å². The maximum atomic E-state index is 9.55. The van der Waals surface area contributed by atoms with E-state index in [-0.39, 0.29) is 0 Å². The van der Waals surface area contributed by atoms with E-state index in [9.17, 15) is 5.26 Å². The minimum absolute atomic E-state index is 0.510. The van der Waals surface area contributed by atoms with Gasteiger partial charge in [-0.05, 0) is 30.2 Å². The van der Waals surface area contributed by atoms with Gasteiger partial charge in [0.05, 0.1) is 22.9 Å². The lowest BCUT2D eigenvalue weighted by molar-refractivity contribution is 0.317. The first-order valence-corrected chi connectivity index (χ1v) is 9.52. The number of hydrogen-bond acceptors (Lipinski definition) is 4. The van der Waals surface area contributed by atoms with Gasteiger partial charge in [0.15, 0.2) is 0 Å². The lowest BCUT2D eigenvalue weighted by atomic mass is 10.1. The third-order valence-corrected chi connectivity index (χ3v) is 4.82. The molecule has 0 amide bonds. The zero-order valence-corrected chi connectivity index (χ0v) is 15.8. The van der Waals surface area contributed by atoms with Crippen LogP contribution < -0.4 is 4.74 Å². The van der Waals surface area contributed by atoms with Gasteiger partial charge in [-0.15, -0.1) is 11.3 Å². The zero-order chi connectivity index (χ0) is 18.4. The maximum absolute atomic E-state index is 9.55. The molecule has 0 saturated carbocycles. The molecule has 0 spiro atoms. The minimum Gasteiger partial charge on any atom is -0.492 e. The number of hydrogen-bond donors (Lipinski definition) is 0. The third kappa shape index (κ3) is 4.32. The number of nitriles is 1. The Morgan fingerprint density at radius 1 is 1.27 bits per heavy atom. The fourth-order valence-corrected chi connectivity index (χ4v) is 3.42. The SMILES string of the molecule is CCCOc1ccc(/C=C(/C#N)c2nc(-c3ccccc3)cs2)cc1Cl. The fraction of sp³-hybridized carbons (Fsp3) is 0.143. The predicted octanol–water partition coefficient (Wildman–Crippen LogP) is 6.32. The van der Waals surface area contributed by atoms with Gasteiger partial charge >= 0.3 is 0 Å². The van der Waals surface area contributed by atoms with Crippen LogP contribution in [0.25, 0.3) is 22.9 Å². The summed E-state index contributed by atoms with van der Waals surface area (Å²) in [5.74, 6) is 0.657. The Hall–Kier alpha value is -2.61. The quantitative estimate of drug-likeness (QED) is 0.470. The first-order chi connectivity index (χ1) is 12.7. The Balaban J connectivity index is 1.86. The highest BCUT2D eigenvalue weighted by Crippen LogP contribution is 2.30. The molecule has 3 rings (SSSR count). The van der Waals surface area contributed by atoms with Gasteiger partial charge in [-0.2, -0.15) is 5.26 Å². The van der Waals surface area contributed by atoms with Crippen molar-refractivity contribution in [2.45, 2.75) is 13.3 Å². The molecule has 5 heteroatoms. The van der Waals surface area contributed by atoms with Crippen molar-refractivity contribution in [2.24, 2.45) is 0 Å². The number of thiazole rings is 1. The second-order valence-corrected chi connectivity index (χ2v) is 6.88. The molecule has 3 nitrogen and oxygen atoms in total.